The molecule has 0 radical (unpaired) electrons. The number of hydrogen-bond acceptors (Lipinski definition) is 2. The van der Waals surface area contributed by atoms with E-state index in [0.29, 0.717) is 11.8 Å². The number of aliphatic hydroxyl groups excluding tert-OH is 2. The van der Waals surface area contributed by atoms with Crippen LogP contribution in [0.2, 0.25) is 0 Å². The van der Waals surface area contributed by atoms with Crippen molar-refractivity contribution in [3.8, 4) is 0 Å². The Hall–Kier alpha value is -0.340. The van der Waals surface area contributed by atoms with Crippen molar-refractivity contribution in [1.29, 1.82) is 0 Å². The summed E-state index contributed by atoms with van der Waals surface area (Å²) in [6.07, 6.45) is 20.0. The first-order chi connectivity index (χ1) is 12.5. The van der Waals surface area contributed by atoms with E-state index in [-0.39, 0.29) is 12.2 Å². The van der Waals surface area contributed by atoms with Gasteiger partial charge in [0.05, 0.1) is 12.2 Å². The molecule has 3 atom stereocenters. The highest BCUT2D eigenvalue weighted by atomic mass is 16.3. The van der Waals surface area contributed by atoms with Crippen LogP contribution in [0.4, 0.5) is 0 Å². The predicted molar refractivity (Wildman–Crippen MR) is 111 cm³/mol. The molecule has 0 aromatic heterocycles. The summed E-state index contributed by atoms with van der Waals surface area (Å²) in [5, 5.41) is 20.6. The summed E-state index contributed by atoms with van der Waals surface area (Å²) >= 11 is 0. The van der Waals surface area contributed by atoms with Crippen LogP contribution in [0.1, 0.15) is 110 Å². The molecule has 0 aromatic carbocycles. The molecular weight excluding hydrogens is 320 g/mol. The van der Waals surface area contributed by atoms with E-state index < -0.39 is 0 Å². The standard InChI is InChI=1S/C24H44O2/c1-19-13-15-22(16-14-19)24(26)12-7-5-3-4-6-11-23(25)18-21-10-8-9-20(2)17-21/h9,19,21-26H,3-8,10-18H2,1-2H3/t19?,21?,22?,23-,24+/m1/s1. The normalized spacial score (nSPS) is 29.2. The van der Waals surface area contributed by atoms with Gasteiger partial charge in [0.25, 0.3) is 0 Å². The largest absolute Gasteiger partial charge is 0.393 e. The van der Waals surface area contributed by atoms with Crippen molar-refractivity contribution in [1.82, 2.24) is 0 Å². The zero-order valence-corrected chi connectivity index (χ0v) is 17.5. The molecule has 0 aliphatic heterocycles. The molecule has 1 saturated carbocycles. The lowest BCUT2D eigenvalue weighted by Crippen LogP contribution is -2.24. The molecule has 2 rings (SSSR count). The average Bonchev–Trinajstić information content (AvgIpc) is 2.61. The molecule has 2 heteroatoms. The van der Waals surface area contributed by atoms with E-state index >= 15 is 0 Å². The van der Waals surface area contributed by atoms with Crippen LogP contribution in [0.15, 0.2) is 11.6 Å². The Kier molecular flexibility index (Phi) is 10.3. The first-order valence-corrected chi connectivity index (χ1v) is 11.6. The molecule has 0 heterocycles. The van der Waals surface area contributed by atoms with Crippen LogP contribution in [0.3, 0.4) is 0 Å². The molecule has 1 unspecified atom stereocenters. The Balaban J connectivity index is 1.42. The second kappa shape index (κ2) is 12.2. The Bertz CT molecular complexity index is 395. The van der Waals surface area contributed by atoms with E-state index in [1.54, 1.807) is 0 Å². The second-order valence-corrected chi connectivity index (χ2v) is 9.52. The summed E-state index contributed by atoms with van der Waals surface area (Å²) in [7, 11) is 0. The van der Waals surface area contributed by atoms with Crippen LogP contribution in [-0.2, 0) is 0 Å². The average molecular weight is 365 g/mol. The van der Waals surface area contributed by atoms with Gasteiger partial charge in [0, 0.05) is 0 Å². The van der Waals surface area contributed by atoms with Gasteiger partial charge in [-0.15, -0.1) is 0 Å². The first kappa shape index (κ1) is 22.0. The van der Waals surface area contributed by atoms with Crippen LogP contribution < -0.4 is 0 Å². The fraction of sp³-hybridized carbons (Fsp3) is 0.917. The van der Waals surface area contributed by atoms with Crippen LogP contribution in [0.5, 0.6) is 0 Å². The minimum atomic E-state index is -0.0959. The van der Waals surface area contributed by atoms with E-state index in [9.17, 15) is 10.2 Å². The number of rotatable bonds is 11. The summed E-state index contributed by atoms with van der Waals surface area (Å²) in [6, 6.07) is 0. The summed E-state index contributed by atoms with van der Waals surface area (Å²) in [5.74, 6) is 2.14. The minimum absolute atomic E-state index is 0.0580. The lowest BCUT2D eigenvalue weighted by atomic mass is 9.79. The van der Waals surface area contributed by atoms with Gasteiger partial charge in [-0.25, -0.2) is 0 Å². The van der Waals surface area contributed by atoms with Gasteiger partial charge in [0.2, 0.25) is 0 Å². The number of hydrogen-bond donors (Lipinski definition) is 2. The number of aliphatic hydroxyl groups is 2. The fourth-order valence-electron chi connectivity index (χ4n) is 5.08. The highest BCUT2D eigenvalue weighted by molar-refractivity contribution is 5.03. The third-order valence-electron chi connectivity index (χ3n) is 6.93. The third-order valence-corrected chi connectivity index (χ3v) is 6.93. The second-order valence-electron chi connectivity index (χ2n) is 9.52. The van der Waals surface area contributed by atoms with E-state index in [1.165, 1.54) is 76.2 Å². The van der Waals surface area contributed by atoms with Gasteiger partial charge in [-0.3, -0.25) is 0 Å². The summed E-state index contributed by atoms with van der Waals surface area (Å²) < 4.78 is 0. The fourth-order valence-corrected chi connectivity index (χ4v) is 5.08. The van der Waals surface area contributed by atoms with E-state index in [4.69, 9.17) is 0 Å². The molecule has 152 valence electrons. The van der Waals surface area contributed by atoms with Gasteiger partial charge >= 0.3 is 0 Å². The van der Waals surface area contributed by atoms with Gasteiger partial charge in [-0.05, 0) is 76.0 Å². The Labute approximate surface area is 162 Å². The zero-order valence-electron chi connectivity index (χ0n) is 17.5. The molecule has 0 aromatic rings. The van der Waals surface area contributed by atoms with Crippen molar-refractivity contribution in [3.63, 3.8) is 0 Å². The van der Waals surface area contributed by atoms with Crippen LogP contribution in [-0.4, -0.2) is 22.4 Å². The van der Waals surface area contributed by atoms with Crippen LogP contribution in [0.25, 0.3) is 0 Å². The monoisotopic (exact) mass is 364 g/mol. The highest BCUT2D eigenvalue weighted by Crippen LogP contribution is 2.32. The van der Waals surface area contributed by atoms with Crippen LogP contribution in [0, 0.1) is 17.8 Å². The minimum Gasteiger partial charge on any atom is -0.393 e. The summed E-state index contributed by atoms with van der Waals surface area (Å²) in [5.41, 5.74) is 1.51. The van der Waals surface area contributed by atoms with Gasteiger partial charge in [0.15, 0.2) is 0 Å². The molecule has 2 N–H and O–H groups in total. The summed E-state index contributed by atoms with van der Waals surface area (Å²) in [6.45, 7) is 4.57. The van der Waals surface area contributed by atoms with E-state index in [0.717, 1.165) is 31.6 Å². The maximum atomic E-state index is 10.4. The SMILES string of the molecule is CC1=CCCC(C[C@H](O)CCCCCCC[C@H](O)C2CCC(C)CC2)C1. The Morgan fingerprint density at radius 3 is 2.27 bits per heavy atom. The number of allylic oxidation sites excluding steroid dienone is 2. The van der Waals surface area contributed by atoms with Crippen molar-refractivity contribution in [3.05, 3.63) is 11.6 Å². The third kappa shape index (κ3) is 8.57. The topological polar surface area (TPSA) is 40.5 Å². The molecule has 2 aliphatic carbocycles. The maximum absolute atomic E-state index is 10.4. The lowest BCUT2D eigenvalue weighted by molar-refractivity contribution is 0.0665. The van der Waals surface area contributed by atoms with Crippen LogP contribution >= 0.6 is 0 Å². The van der Waals surface area contributed by atoms with Crippen molar-refractivity contribution < 1.29 is 10.2 Å². The Morgan fingerprint density at radius 1 is 0.923 bits per heavy atom. The molecule has 0 bridgehead atoms. The highest BCUT2D eigenvalue weighted by Gasteiger charge is 2.24. The molecule has 0 spiro atoms. The molecule has 26 heavy (non-hydrogen) atoms. The van der Waals surface area contributed by atoms with Gasteiger partial charge < -0.3 is 10.2 Å². The van der Waals surface area contributed by atoms with Crippen molar-refractivity contribution in [2.45, 2.75) is 122 Å². The molecule has 2 nitrogen and oxygen atoms in total. The molecule has 0 saturated heterocycles. The zero-order chi connectivity index (χ0) is 18.8. The molecule has 2 aliphatic rings. The predicted octanol–water partition coefficient (Wildman–Crippen LogP) is 6.40. The molecular formula is C24H44O2. The lowest BCUT2D eigenvalue weighted by Gasteiger charge is -2.29. The first-order valence-electron chi connectivity index (χ1n) is 11.6. The van der Waals surface area contributed by atoms with Gasteiger partial charge in [-0.1, -0.05) is 63.5 Å². The van der Waals surface area contributed by atoms with Crippen molar-refractivity contribution in [2.75, 3.05) is 0 Å². The number of unbranched alkanes of at least 4 members (excludes halogenated alkanes) is 4. The van der Waals surface area contributed by atoms with E-state index in [2.05, 4.69) is 19.9 Å². The van der Waals surface area contributed by atoms with Crippen molar-refractivity contribution >= 4 is 0 Å². The Morgan fingerprint density at radius 2 is 1.58 bits per heavy atom. The molecule has 1 fully saturated rings. The van der Waals surface area contributed by atoms with Gasteiger partial charge in [-0.2, -0.15) is 0 Å². The quantitative estimate of drug-likeness (QED) is 0.329. The van der Waals surface area contributed by atoms with E-state index in [1.807, 2.05) is 0 Å². The smallest absolute Gasteiger partial charge is 0.0568 e. The molecule has 0 amide bonds. The van der Waals surface area contributed by atoms with Gasteiger partial charge in [0.1, 0.15) is 0 Å². The summed E-state index contributed by atoms with van der Waals surface area (Å²) in [4.78, 5) is 0. The maximum Gasteiger partial charge on any atom is 0.0568 e. The van der Waals surface area contributed by atoms with Crippen molar-refractivity contribution in [2.24, 2.45) is 17.8 Å².